The molecule has 21 heavy (non-hydrogen) atoms. The third-order valence-electron chi connectivity index (χ3n) is 3.63. The Morgan fingerprint density at radius 3 is 2.67 bits per heavy atom. The van der Waals surface area contributed by atoms with Gasteiger partial charge in [-0.05, 0) is 37.2 Å². The number of nitrogens with one attached hydrogen (secondary N) is 1. The Hall–Kier alpha value is -1.84. The number of halogens is 2. The minimum atomic E-state index is -0.429. The van der Waals surface area contributed by atoms with E-state index in [1.54, 1.807) is 19.2 Å². The molecule has 0 bridgehead atoms. The van der Waals surface area contributed by atoms with Gasteiger partial charge in [-0.2, -0.15) is 0 Å². The Morgan fingerprint density at radius 1 is 1.19 bits per heavy atom. The summed E-state index contributed by atoms with van der Waals surface area (Å²) < 4.78 is 19.6. The molecule has 0 aliphatic rings. The van der Waals surface area contributed by atoms with Crippen LogP contribution >= 0.6 is 11.6 Å². The van der Waals surface area contributed by atoms with Crippen molar-refractivity contribution < 1.29 is 8.81 Å². The van der Waals surface area contributed by atoms with Gasteiger partial charge >= 0.3 is 0 Å². The van der Waals surface area contributed by atoms with Gasteiger partial charge in [0.05, 0.1) is 11.1 Å². The van der Waals surface area contributed by atoms with Gasteiger partial charge in [-0.15, -0.1) is 0 Å². The van der Waals surface area contributed by atoms with Gasteiger partial charge in [-0.1, -0.05) is 41.9 Å². The summed E-state index contributed by atoms with van der Waals surface area (Å²) in [7, 11) is 1.80. The fourth-order valence-corrected chi connectivity index (χ4v) is 2.80. The molecule has 1 N–H and O–H groups in total. The number of furan rings is 1. The minimum absolute atomic E-state index is 0.119. The predicted molar refractivity (Wildman–Crippen MR) is 83.3 cm³/mol. The first-order valence-electron chi connectivity index (χ1n) is 6.72. The van der Waals surface area contributed by atoms with E-state index >= 15 is 0 Å². The molecule has 1 unspecified atom stereocenters. The highest BCUT2D eigenvalue weighted by Crippen LogP contribution is 2.33. The van der Waals surface area contributed by atoms with Crippen LogP contribution in [0.2, 0.25) is 5.02 Å². The Bertz CT molecular complexity index is 797. The third-order valence-corrected chi connectivity index (χ3v) is 4.02. The van der Waals surface area contributed by atoms with Gasteiger partial charge in [0, 0.05) is 5.39 Å². The second-order valence-electron chi connectivity index (χ2n) is 5.01. The summed E-state index contributed by atoms with van der Waals surface area (Å²) in [4.78, 5) is 0. The SMILES string of the molecule is CNC(c1cc2cccc(C)c2o1)c1cccc(F)c1Cl. The number of rotatable bonds is 3. The lowest BCUT2D eigenvalue weighted by Gasteiger charge is -2.15. The molecule has 0 saturated carbocycles. The highest BCUT2D eigenvalue weighted by Gasteiger charge is 2.21. The molecule has 0 amide bonds. The molecule has 4 heteroatoms. The molecular weight excluding hydrogens is 289 g/mol. The molecule has 0 radical (unpaired) electrons. The van der Waals surface area contributed by atoms with Gasteiger partial charge in [-0.3, -0.25) is 0 Å². The van der Waals surface area contributed by atoms with Crippen LogP contribution in [-0.2, 0) is 0 Å². The van der Waals surface area contributed by atoms with Gasteiger partial charge in [-0.25, -0.2) is 4.39 Å². The smallest absolute Gasteiger partial charge is 0.142 e. The van der Waals surface area contributed by atoms with Crippen LogP contribution in [0.25, 0.3) is 11.0 Å². The Morgan fingerprint density at radius 2 is 1.95 bits per heavy atom. The van der Waals surface area contributed by atoms with Crippen molar-refractivity contribution >= 4 is 22.6 Å². The molecule has 2 aromatic carbocycles. The number of para-hydroxylation sites is 1. The van der Waals surface area contributed by atoms with E-state index in [0.717, 1.165) is 16.5 Å². The first-order chi connectivity index (χ1) is 10.1. The fourth-order valence-electron chi connectivity index (χ4n) is 2.57. The summed E-state index contributed by atoms with van der Waals surface area (Å²) in [6, 6.07) is 12.4. The molecule has 3 aromatic rings. The highest BCUT2D eigenvalue weighted by atomic mass is 35.5. The van der Waals surface area contributed by atoms with Crippen LogP contribution in [0.1, 0.15) is 22.9 Å². The number of benzene rings is 2. The van der Waals surface area contributed by atoms with Crippen molar-refractivity contribution in [1.29, 1.82) is 0 Å². The first kappa shape index (κ1) is 14.1. The van der Waals surface area contributed by atoms with Gasteiger partial charge in [0.1, 0.15) is 17.2 Å². The zero-order chi connectivity index (χ0) is 15.0. The van der Waals surface area contributed by atoms with E-state index in [2.05, 4.69) is 5.32 Å². The molecular formula is C17H15ClFNO. The van der Waals surface area contributed by atoms with Gasteiger partial charge < -0.3 is 9.73 Å². The molecule has 1 aromatic heterocycles. The van der Waals surface area contributed by atoms with E-state index in [1.165, 1.54) is 6.07 Å². The second kappa shape index (κ2) is 5.51. The summed E-state index contributed by atoms with van der Waals surface area (Å²) in [5, 5.41) is 4.28. The van der Waals surface area contributed by atoms with Crippen LogP contribution in [0, 0.1) is 12.7 Å². The maximum Gasteiger partial charge on any atom is 0.142 e. The zero-order valence-electron chi connectivity index (χ0n) is 11.8. The lowest BCUT2D eigenvalue weighted by atomic mass is 10.0. The Kier molecular flexibility index (Phi) is 3.70. The number of hydrogen-bond acceptors (Lipinski definition) is 2. The molecule has 3 rings (SSSR count). The van der Waals surface area contributed by atoms with Crippen LogP contribution in [0.4, 0.5) is 4.39 Å². The van der Waals surface area contributed by atoms with E-state index in [4.69, 9.17) is 16.0 Å². The molecule has 0 spiro atoms. The van der Waals surface area contributed by atoms with E-state index in [1.807, 2.05) is 31.2 Å². The van der Waals surface area contributed by atoms with Crippen molar-refractivity contribution in [2.75, 3.05) is 7.05 Å². The van der Waals surface area contributed by atoms with Crippen LogP contribution in [0.5, 0.6) is 0 Å². The normalized spacial score (nSPS) is 12.8. The predicted octanol–water partition coefficient (Wildman–Crippen LogP) is 4.84. The maximum atomic E-state index is 13.7. The van der Waals surface area contributed by atoms with E-state index in [9.17, 15) is 4.39 Å². The molecule has 0 saturated heterocycles. The molecule has 0 fully saturated rings. The van der Waals surface area contributed by atoms with Crippen molar-refractivity contribution in [3.05, 3.63) is 70.2 Å². The van der Waals surface area contributed by atoms with Gasteiger partial charge in [0.15, 0.2) is 0 Å². The van der Waals surface area contributed by atoms with Crippen molar-refractivity contribution in [3.63, 3.8) is 0 Å². The average Bonchev–Trinajstić information content (AvgIpc) is 2.89. The third kappa shape index (κ3) is 2.43. The van der Waals surface area contributed by atoms with Gasteiger partial charge in [0.2, 0.25) is 0 Å². The van der Waals surface area contributed by atoms with Crippen molar-refractivity contribution in [1.82, 2.24) is 5.32 Å². The van der Waals surface area contributed by atoms with Crippen molar-refractivity contribution in [2.24, 2.45) is 0 Å². The monoisotopic (exact) mass is 303 g/mol. The second-order valence-corrected chi connectivity index (χ2v) is 5.38. The van der Waals surface area contributed by atoms with Crippen molar-refractivity contribution in [3.8, 4) is 0 Å². The molecule has 1 atom stereocenters. The van der Waals surface area contributed by atoms with Crippen molar-refractivity contribution in [2.45, 2.75) is 13.0 Å². The largest absolute Gasteiger partial charge is 0.459 e. The van der Waals surface area contributed by atoms with Crippen LogP contribution < -0.4 is 5.32 Å². The first-order valence-corrected chi connectivity index (χ1v) is 7.10. The van der Waals surface area contributed by atoms with Gasteiger partial charge in [0.25, 0.3) is 0 Å². The molecule has 108 valence electrons. The number of fused-ring (bicyclic) bond motifs is 1. The fraction of sp³-hybridized carbons (Fsp3) is 0.176. The Labute approximate surface area is 127 Å². The summed E-state index contributed by atoms with van der Waals surface area (Å²) in [6.07, 6.45) is 0. The molecule has 0 aliphatic heterocycles. The average molecular weight is 304 g/mol. The van der Waals surface area contributed by atoms with E-state index < -0.39 is 5.82 Å². The highest BCUT2D eigenvalue weighted by molar-refractivity contribution is 6.31. The summed E-state index contributed by atoms with van der Waals surface area (Å²) in [6.45, 7) is 2.00. The maximum absolute atomic E-state index is 13.7. The summed E-state index contributed by atoms with van der Waals surface area (Å²) in [5.41, 5.74) is 2.58. The molecule has 1 heterocycles. The molecule has 2 nitrogen and oxygen atoms in total. The van der Waals surface area contributed by atoms with Crippen LogP contribution in [0.15, 0.2) is 46.9 Å². The number of hydrogen-bond donors (Lipinski definition) is 1. The van der Waals surface area contributed by atoms with E-state index in [0.29, 0.717) is 11.3 Å². The summed E-state index contributed by atoms with van der Waals surface area (Å²) in [5.74, 6) is 0.288. The van der Waals surface area contributed by atoms with E-state index in [-0.39, 0.29) is 11.1 Å². The topological polar surface area (TPSA) is 25.2 Å². The Balaban J connectivity index is 2.14. The summed E-state index contributed by atoms with van der Waals surface area (Å²) >= 11 is 6.09. The zero-order valence-corrected chi connectivity index (χ0v) is 12.5. The quantitative estimate of drug-likeness (QED) is 0.749. The standard InChI is InChI=1S/C17H15ClFNO/c1-10-5-3-6-11-9-14(21-17(10)11)16(20-2)12-7-4-8-13(19)15(12)18/h3-9,16,20H,1-2H3. The minimum Gasteiger partial charge on any atom is -0.459 e. The lowest BCUT2D eigenvalue weighted by Crippen LogP contribution is -2.17. The van der Waals surface area contributed by atoms with Crippen LogP contribution in [-0.4, -0.2) is 7.05 Å². The van der Waals surface area contributed by atoms with Crippen LogP contribution in [0.3, 0.4) is 0 Å². The lowest BCUT2D eigenvalue weighted by molar-refractivity contribution is 0.489. The number of aryl methyl sites for hydroxylation is 1. The molecule has 0 aliphatic carbocycles.